The molecule has 0 atom stereocenters. The second-order valence-electron chi connectivity index (χ2n) is 4.79. The molecule has 0 unspecified atom stereocenters. The molecule has 2 aromatic heterocycles. The van der Waals surface area contributed by atoms with Crippen LogP contribution in [0.1, 0.15) is 15.9 Å². The Kier molecular flexibility index (Phi) is 3.03. The van der Waals surface area contributed by atoms with E-state index < -0.39 is 0 Å². The highest BCUT2D eigenvalue weighted by molar-refractivity contribution is 5.91. The van der Waals surface area contributed by atoms with Crippen molar-refractivity contribution in [3.8, 4) is 11.1 Å². The van der Waals surface area contributed by atoms with Gasteiger partial charge in [-0.15, -0.1) is 0 Å². The Morgan fingerprint density at radius 1 is 1.10 bits per heavy atom. The molecule has 3 nitrogen and oxygen atoms in total. The summed E-state index contributed by atoms with van der Waals surface area (Å²) in [6.07, 6.45) is 3.83. The largest absolute Gasteiger partial charge is 0.465 e. The molecule has 0 saturated heterocycles. The van der Waals surface area contributed by atoms with Gasteiger partial charge in [-0.2, -0.15) is 0 Å². The minimum Gasteiger partial charge on any atom is -0.465 e. The van der Waals surface area contributed by atoms with Crippen LogP contribution in [0.5, 0.6) is 0 Å². The van der Waals surface area contributed by atoms with Crippen molar-refractivity contribution in [3.63, 3.8) is 0 Å². The molecule has 3 rings (SSSR count). The summed E-state index contributed by atoms with van der Waals surface area (Å²) in [7, 11) is 1.39. The van der Waals surface area contributed by atoms with E-state index in [0.29, 0.717) is 5.56 Å². The first-order chi connectivity index (χ1) is 9.69. The van der Waals surface area contributed by atoms with Crippen LogP contribution in [0.15, 0.2) is 54.9 Å². The summed E-state index contributed by atoms with van der Waals surface area (Å²) in [5.41, 5.74) is 5.09. The molecule has 20 heavy (non-hydrogen) atoms. The molecule has 0 spiro atoms. The van der Waals surface area contributed by atoms with Crippen LogP contribution in [0, 0.1) is 6.92 Å². The summed E-state index contributed by atoms with van der Waals surface area (Å²) >= 11 is 0. The summed E-state index contributed by atoms with van der Waals surface area (Å²) in [4.78, 5) is 11.6. The average molecular weight is 265 g/mol. The van der Waals surface area contributed by atoms with E-state index in [1.54, 1.807) is 6.20 Å². The van der Waals surface area contributed by atoms with Crippen LogP contribution in [-0.2, 0) is 4.74 Å². The van der Waals surface area contributed by atoms with Gasteiger partial charge in [0.15, 0.2) is 0 Å². The number of methoxy groups -OCH3 is 1. The summed E-state index contributed by atoms with van der Waals surface area (Å²) in [5, 5.41) is 0. The average Bonchev–Trinajstić information content (AvgIpc) is 2.90. The van der Waals surface area contributed by atoms with Crippen molar-refractivity contribution in [2.75, 3.05) is 7.11 Å². The van der Waals surface area contributed by atoms with Crippen LogP contribution in [0.3, 0.4) is 0 Å². The molecule has 0 aliphatic heterocycles. The van der Waals surface area contributed by atoms with Crippen molar-refractivity contribution >= 4 is 11.5 Å². The fourth-order valence-corrected chi connectivity index (χ4v) is 2.40. The third kappa shape index (κ3) is 2.07. The van der Waals surface area contributed by atoms with Crippen LogP contribution >= 0.6 is 0 Å². The number of aromatic nitrogens is 1. The van der Waals surface area contributed by atoms with Gasteiger partial charge < -0.3 is 9.14 Å². The van der Waals surface area contributed by atoms with Gasteiger partial charge in [0.25, 0.3) is 0 Å². The molecule has 3 aromatic rings. The Morgan fingerprint density at radius 2 is 1.90 bits per heavy atom. The Labute approximate surface area is 117 Å². The number of pyridine rings is 1. The normalized spacial score (nSPS) is 10.7. The highest BCUT2D eigenvalue weighted by atomic mass is 16.5. The van der Waals surface area contributed by atoms with Crippen molar-refractivity contribution in [1.29, 1.82) is 0 Å². The Balaban J connectivity index is 2.11. The van der Waals surface area contributed by atoms with E-state index in [2.05, 4.69) is 25.1 Å². The highest BCUT2D eigenvalue weighted by Gasteiger charge is 2.09. The number of nitrogens with zero attached hydrogens (tertiary/aromatic N) is 1. The minimum atomic E-state index is -0.314. The number of ether oxygens (including phenoxy) is 1. The molecular weight excluding hydrogens is 250 g/mol. The summed E-state index contributed by atoms with van der Waals surface area (Å²) in [6.45, 7) is 2.09. The predicted molar refractivity (Wildman–Crippen MR) is 78.9 cm³/mol. The maximum Gasteiger partial charge on any atom is 0.339 e. The molecule has 1 aromatic carbocycles. The standard InChI is InChI=1S/C17H15NO2/c1-12-5-3-4-6-16(12)13-7-8-15-9-14(17(19)20-2)11-18(15)10-13/h3-11H,1-2H3. The third-order valence-corrected chi connectivity index (χ3v) is 3.47. The van der Waals surface area contributed by atoms with Crippen LogP contribution in [0.4, 0.5) is 0 Å². The number of fused-ring (bicyclic) bond motifs is 1. The lowest BCUT2D eigenvalue weighted by atomic mass is 10.0. The molecular formula is C17H15NO2. The van der Waals surface area contributed by atoms with Gasteiger partial charge in [0.2, 0.25) is 0 Å². The number of rotatable bonds is 2. The highest BCUT2D eigenvalue weighted by Crippen LogP contribution is 2.24. The van der Waals surface area contributed by atoms with Crippen molar-refractivity contribution < 1.29 is 9.53 Å². The second kappa shape index (κ2) is 4.85. The first-order valence-corrected chi connectivity index (χ1v) is 6.45. The fraction of sp³-hybridized carbons (Fsp3) is 0.118. The second-order valence-corrected chi connectivity index (χ2v) is 4.79. The van der Waals surface area contributed by atoms with Crippen LogP contribution in [0.2, 0.25) is 0 Å². The predicted octanol–water partition coefficient (Wildman–Crippen LogP) is 3.70. The van der Waals surface area contributed by atoms with Crippen LogP contribution < -0.4 is 0 Å². The third-order valence-electron chi connectivity index (χ3n) is 3.47. The molecule has 0 fully saturated rings. The van der Waals surface area contributed by atoms with Crippen LogP contribution in [0.25, 0.3) is 16.6 Å². The number of aryl methyl sites for hydroxylation is 1. The minimum absolute atomic E-state index is 0.314. The van der Waals surface area contributed by atoms with E-state index in [0.717, 1.165) is 11.1 Å². The van der Waals surface area contributed by atoms with E-state index in [9.17, 15) is 4.79 Å². The molecule has 3 heteroatoms. The molecule has 0 bridgehead atoms. The zero-order chi connectivity index (χ0) is 14.1. The van der Waals surface area contributed by atoms with Crippen molar-refractivity contribution in [2.45, 2.75) is 6.92 Å². The molecule has 100 valence electrons. The number of esters is 1. The first-order valence-electron chi connectivity index (χ1n) is 6.45. The van der Waals surface area contributed by atoms with Crippen molar-refractivity contribution in [1.82, 2.24) is 4.40 Å². The van der Waals surface area contributed by atoms with Gasteiger partial charge in [0.05, 0.1) is 12.7 Å². The summed E-state index contributed by atoms with van der Waals surface area (Å²) in [5.74, 6) is -0.314. The Hall–Kier alpha value is -2.55. The maximum absolute atomic E-state index is 11.6. The zero-order valence-corrected chi connectivity index (χ0v) is 11.5. The van der Waals surface area contributed by atoms with E-state index >= 15 is 0 Å². The maximum atomic E-state index is 11.6. The summed E-state index contributed by atoms with van der Waals surface area (Å²) < 4.78 is 6.70. The number of hydrogen-bond acceptors (Lipinski definition) is 2. The van der Waals surface area contributed by atoms with Gasteiger partial charge in [0.1, 0.15) is 0 Å². The lowest BCUT2D eigenvalue weighted by Crippen LogP contribution is -1.98. The molecule has 0 aliphatic rings. The molecule has 0 saturated carbocycles. The van der Waals surface area contributed by atoms with Gasteiger partial charge in [-0.1, -0.05) is 30.3 Å². The monoisotopic (exact) mass is 265 g/mol. The molecule has 0 aliphatic carbocycles. The van der Waals surface area contributed by atoms with Gasteiger partial charge in [-0.05, 0) is 35.7 Å². The number of carbonyl (C=O) groups is 1. The zero-order valence-electron chi connectivity index (χ0n) is 11.5. The number of hydrogen-bond donors (Lipinski definition) is 0. The quantitative estimate of drug-likeness (QED) is 0.661. The summed E-state index contributed by atoms with van der Waals surface area (Å²) in [6, 6.07) is 14.2. The molecule has 2 heterocycles. The molecule has 0 N–H and O–H groups in total. The lowest BCUT2D eigenvalue weighted by molar-refractivity contribution is 0.0601. The first kappa shape index (κ1) is 12.5. The Bertz CT molecular complexity index is 787. The van der Waals surface area contributed by atoms with E-state index in [4.69, 9.17) is 4.74 Å². The van der Waals surface area contributed by atoms with E-state index in [1.165, 1.54) is 18.2 Å². The molecule has 0 radical (unpaired) electrons. The van der Waals surface area contributed by atoms with E-state index in [1.807, 2.05) is 34.9 Å². The molecule has 0 amide bonds. The van der Waals surface area contributed by atoms with Crippen molar-refractivity contribution in [2.24, 2.45) is 0 Å². The van der Waals surface area contributed by atoms with Gasteiger partial charge in [0, 0.05) is 17.9 Å². The fourth-order valence-electron chi connectivity index (χ4n) is 2.40. The lowest BCUT2D eigenvalue weighted by Gasteiger charge is -2.06. The SMILES string of the molecule is COC(=O)c1cc2ccc(-c3ccccc3C)cn2c1. The van der Waals surface area contributed by atoms with Gasteiger partial charge >= 0.3 is 5.97 Å². The van der Waals surface area contributed by atoms with Gasteiger partial charge in [-0.25, -0.2) is 4.79 Å². The smallest absolute Gasteiger partial charge is 0.339 e. The number of benzene rings is 1. The topological polar surface area (TPSA) is 30.7 Å². The van der Waals surface area contributed by atoms with E-state index in [-0.39, 0.29) is 5.97 Å². The number of carbonyl (C=O) groups excluding carboxylic acids is 1. The van der Waals surface area contributed by atoms with Gasteiger partial charge in [-0.3, -0.25) is 0 Å². The van der Waals surface area contributed by atoms with Crippen molar-refractivity contribution in [3.05, 3.63) is 66.0 Å². The van der Waals surface area contributed by atoms with Crippen LogP contribution in [-0.4, -0.2) is 17.5 Å². The Morgan fingerprint density at radius 3 is 2.65 bits per heavy atom.